The van der Waals surface area contributed by atoms with Crippen LogP contribution in [-0.2, 0) is 0 Å². The first-order chi connectivity index (χ1) is 8.25. The van der Waals surface area contributed by atoms with Crippen LogP contribution in [0.4, 0.5) is 0 Å². The van der Waals surface area contributed by atoms with Crippen molar-refractivity contribution in [2.45, 2.75) is 38.1 Å². The molecule has 1 aromatic heterocycles. The van der Waals surface area contributed by atoms with Gasteiger partial charge in [-0.25, -0.2) is 0 Å². The Balaban J connectivity index is 1.81. The Kier molecular flexibility index (Phi) is 3.04. The molecule has 92 valence electrons. The number of likely N-dealkylation sites (tertiary alicyclic amines) is 1. The predicted molar refractivity (Wildman–Crippen MR) is 66.3 cm³/mol. The second-order valence-corrected chi connectivity index (χ2v) is 6.32. The maximum atomic E-state index is 12.3. The molecule has 2 fully saturated rings. The van der Waals surface area contributed by atoms with Gasteiger partial charge in [0.05, 0.1) is 0 Å². The highest BCUT2D eigenvalue weighted by Crippen LogP contribution is 2.37. The molecule has 2 atom stereocenters. The van der Waals surface area contributed by atoms with Crippen LogP contribution < -0.4 is 0 Å². The van der Waals surface area contributed by atoms with Crippen LogP contribution in [0.25, 0.3) is 0 Å². The van der Waals surface area contributed by atoms with Crippen molar-refractivity contribution in [3.8, 4) is 0 Å². The molecule has 4 nitrogen and oxygen atoms in total. The van der Waals surface area contributed by atoms with E-state index in [4.69, 9.17) is 11.6 Å². The number of amides is 1. The van der Waals surface area contributed by atoms with Gasteiger partial charge in [0.1, 0.15) is 0 Å². The SMILES string of the molecule is O=C(c1nnc(Cl)s1)N1CCCC2CCCC21. The van der Waals surface area contributed by atoms with Crippen LogP contribution in [-0.4, -0.2) is 33.6 Å². The van der Waals surface area contributed by atoms with Gasteiger partial charge in [0, 0.05) is 12.6 Å². The van der Waals surface area contributed by atoms with Crippen molar-refractivity contribution in [1.29, 1.82) is 0 Å². The molecule has 1 aliphatic carbocycles. The number of nitrogens with zero attached hydrogens (tertiary/aromatic N) is 3. The average Bonchev–Trinajstić information content (AvgIpc) is 2.95. The molecule has 2 heterocycles. The fraction of sp³-hybridized carbons (Fsp3) is 0.727. The Labute approximate surface area is 109 Å². The van der Waals surface area contributed by atoms with Crippen LogP contribution in [0, 0.1) is 5.92 Å². The molecule has 1 saturated carbocycles. The van der Waals surface area contributed by atoms with Gasteiger partial charge in [-0.15, -0.1) is 10.2 Å². The van der Waals surface area contributed by atoms with E-state index < -0.39 is 0 Å². The maximum absolute atomic E-state index is 12.3. The molecule has 0 radical (unpaired) electrons. The summed E-state index contributed by atoms with van der Waals surface area (Å²) in [6.45, 7) is 0.858. The lowest BCUT2D eigenvalue weighted by atomic mass is 9.92. The predicted octanol–water partition coefficient (Wildman–Crippen LogP) is 2.60. The second-order valence-electron chi connectivity index (χ2n) is 4.76. The summed E-state index contributed by atoms with van der Waals surface area (Å²) in [6, 6.07) is 0.430. The van der Waals surface area contributed by atoms with Crippen molar-refractivity contribution in [1.82, 2.24) is 15.1 Å². The van der Waals surface area contributed by atoms with E-state index in [1.54, 1.807) is 0 Å². The summed E-state index contributed by atoms with van der Waals surface area (Å²) in [5, 5.41) is 7.99. The van der Waals surface area contributed by atoms with Crippen molar-refractivity contribution in [3.05, 3.63) is 9.47 Å². The van der Waals surface area contributed by atoms with E-state index in [-0.39, 0.29) is 5.91 Å². The highest BCUT2D eigenvalue weighted by atomic mass is 35.5. The molecule has 0 spiro atoms. The zero-order valence-corrected chi connectivity index (χ0v) is 11.0. The molecule has 6 heteroatoms. The van der Waals surface area contributed by atoms with E-state index in [2.05, 4.69) is 10.2 Å². The molecular weight excluding hydrogens is 258 g/mol. The Hall–Kier alpha value is -0.680. The highest BCUT2D eigenvalue weighted by Gasteiger charge is 2.38. The number of carbonyl (C=O) groups is 1. The van der Waals surface area contributed by atoms with E-state index in [1.807, 2.05) is 4.90 Å². The van der Waals surface area contributed by atoms with Crippen LogP contribution in [0.1, 0.15) is 41.9 Å². The molecule has 1 amide bonds. The first-order valence-electron chi connectivity index (χ1n) is 6.05. The van der Waals surface area contributed by atoms with Crippen LogP contribution in [0.2, 0.25) is 4.47 Å². The zero-order chi connectivity index (χ0) is 11.8. The summed E-state index contributed by atoms with van der Waals surface area (Å²) in [4.78, 5) is 14.3. The Morgan fingerprint density at radius 2 is 2.12 bits per heavy atom. The lowest BCUT2D eigenvalue weighted by Crippen LogP contribution is -2.46. The highest BCUT2D eigenvalue weighted by molar-refractivity contribution is 7.17. The summed E-state index contributed by atoms with van der Waals surface area (Å²) < 4.78 is 0.341. The van der Waals surface area contributed by atoms with Gasteiger partial charge >= 0.3 is 0 Å². The Bertz CT molecular complexity index is 436. The number of aromatic nitrogens is 2. The van der Waals surface area contributed by atoms with Gasteiger partial charge in [-0.05, 0) is 43.2 Å². The maximum Gasteiger partial charge on any atom is 0.285 e. The normalized spacial score (nSPS) is 28.2. The van der Waals surface area contributed by atoms with Gasteiger partial charge in [0.15, 0.2) is 0 Å². The summed E-state index contributed by atoms with van der Waals surface area (Å²) in [6.07, 6.45) is 6.04. The monoisotopic (exact) mass is 271 g/mol. The number of rotatable bonds is 1. The number of hydrogen-bond acceptors (Lipinski definition) is 4. The van der Waals surface area contributed by atoms with E-state index in [9.17, 15) is 4.79 Å². The smallest absolute Gasteiger partial charge is 0.285 e. The Morgan fingerprint density at radius 1 is 1.29 bits per heavy atom. The van der Waals surface area contributed by atoms with E-state index in [1.165, 1.54) is 30.6 Å². The minimum absolute atomic E-state index is 0.0194. The largest absolute Gasteiger partial charge is 0.333 e. The van der Waals surface area contributed by atoms with Crippen molar-refractivity contribution in [3.63, 3.8) is 0 Å². The van der Waals surface area contributed by atoms with Gasteiger partial charge in [-0.2, -0.15) is 0 Å². The topological polar surface area (TPSA) is 46.1 Å². The number of hydrogen-bond donors (Lipinski definition) is 0. The molecule has 0 N–H and O–H groups in total. The van der Waals surface area contributed by atoms with Crippen LogP contribution in [0.5, 0.6) is 0 Å². The molecule has 1 saturated heterocycles. The zero-order valence-electron chi connectivity index (χ0n) is 9.43. The minimum Gasteiger partial charge on any atom is -0.333 e. The summed E-state index contributed by atoms with van der Waals surface area (Å²) >= 11 is 6.90. The second kappa shape index (κ2) is 4.53. The minimum atomic E-state index is 0.0194. The molecule has 1 aliphatic heterocycles. The van der Waals surface area contributed by atoms with Crippen LogP contribution in [0.15, 0.2) is 0 Å². The average molecular weight is 272 g/mol. The summed E-state index contributed by atoms with van der Waals surface area (Å²) in [5.74, 6) is 0.724. The van der Waals surface area contributed by atoms with Gasteiger partial charge in [-0.3, -0.25) is 4.79 Å². The molecule has 3 rings (SSSR count). The Morgan fingerprint density at radius 3 is 2.88 bits per heavy atom. The van der Waals surface area contributed by atoms with Crippen molar-refractivity contribution in [2.75, 3.05) is 6.54 Å². The van der Waals surface area contributed by atoms with Gasteiger partial charge < -0.3 is 4.90 Å². The number of carbonyl (C=O) groups excluding carboxylic acids is 1. The molecule has 1 aromatic rings. The lowest BCUT2D eigenvalue weighted by Gasteiger charge is -2.37. The first kappa shape index (κ1) is 11.4. The number of fused-ring (bicyclic) bond motifs is 1. The van der Waals surface area contributed by atoms with E-state index >= 15 is 0 Å². The number of piperidine rings is 1. The molecular formula is C11H14ClN3OS. The number of halogens is 1. The molecule has 0 aromatic carbocycles. The molecule has 17 heavy (non-hydrogen) atoms. The van der Waals surface area contributed by atoms with Crippen LogP contribution >= 0.6 is 22.9 Å². The standard InChI is InChI=1S/C11H14ClN3OS/c12-11-14-13-9(17-11)10(16)15-6-2-4-7-3-1-5-8(7)15/h7-8H,1-6H2. The van der Waals surface area contributed by atoms with Crippen molar-refractivity contribution < 1.29 is 4.79 Å². The van der Waals surface area contributed by atoms with Gasteiger partial charge in [0.25, 0.3) is 5.91 Å². The molecule has 2 unspecified atom stereocenters. The third kappa shape index (κ3) is 2.06. The van der Waals surface area contributed by atoms with Crippen LogP contribution in [0.3, 0.4) is 0 Å². The van der Waals surface area contributed by atoms with E-state index in [0.717, 1.165) is 19.4 Å². The van der Waals surface area contributed by atoms with Gasteiger partial charge in [-0.1, -0.05) is 17.8 Å². The molecule has 0 bridgehead atoms. The van der Waals surface area contributed by atoms with Crippen molar-refractivity contribution in [2.24, 2.45) is 5.92 Å². The van der Waals surface area contributed by atoms with Crippen molar-refractivity contribution >= 4 is 28.8 Å². The third-order valence-electron chi connectivity index (χ3n) is 3.84. The third-order valence-corrected chi connectivity index (χ3v) is 4.84. The fourth-order valence-electron chi connectivity index (χ4n) is 3.12. The first-order valence-corrected chi connectivity index (χ1v) is 7.25. The molecule has 2 aliphatic rings. The van der Waals surface area contributed by atoms with E-state index in [0.29, 0.717) is 21.4 Å². The quantitative estimate of drug-likeness (QED) is 0.789. The van der Waals surface area contributed by atoms with Gasteiger partial charge in [0.2, 0.25) is 9.47 Å². The fourth-order valence-corrected chi connectivity index (χ4v) is 3.91. The lowest BCUT2D eigenvalue weighted by molar-refractivity contribution is 0.0547. The summed E-state index contributed by atoms with van der Waals surface area (Å²) in [5.41, 5.74) is 0. The summed E-state index contributed by atoms with van der Waals surface area (Å²) in [7, 11) is 0.